The first-order valence-electron chi connectivity index (χ1n) is 11.5. The second kappa shape index (κ2) is 10.8. The lowest BCUT2D eigenvalue weighted by atomic mass is 10.1. The third-order valence-corrected chi connectivity index (χ3v) is 6.18. The largest absolute Gasteiger partial charge is 0.338 e. The number of allylic oxidation sites excluding steroid dienone is 1. The van der Waals surface area contributed by atoms with Crippen LogP contribution in [0.4, 0.5) is 11.5 Å². The number of amides is 1. The quantitative estimate of drug-likeness (QED) is 0.588. The van der Waals surface area contributed by atoms with E-state index in [1.54, 1.807) is 24.4 Å². The number of aromatic nitrogens is 1. The van der Waals surface area contributed by atoms with Gasteiger partial charge < -0.3 is 20.9 Å². The van der Waals surface area contributed by atoms with Crippen LogP contribution in [0.25, 0.3) is 0 Å². The third-order valence-electron chi connectivity index (χ3n) is 5.87. The molecule has 3 N–H and O–H groups in total. The molecule has 1 aromatic heterocycles. The number of piperazine rings is 1. The van der Waals surface area contributed by atoms with Crippen LogP contribution in [0.15, 0.2) is 57.9 Å². The highest BCUT2D eigenvalue weighted by Gasteiger charge is 2.20. The van der Waals surface area contributed by atoms with Crippen LogP contribution < -0.4 is 16.0 Å². The van der Waals surface area contributed by atoms with Crippen molar-refractivity contribution in [2.45, 2.75) is 33.6 Å². The molecule has 2 aromatic rings. The molecule has 1 saturated heterocycles. The smallest absolute Gasteiger partial charge is 0.257 e. The summed E-state index contributed by atoms with van der Waals surface area (Å²) in [5.74, 6) is 1.86. The molecule has 9 heteroatoms. The number of anilines is 2. The minimum absolute atomic E-state index is 0.263. The van der Waals surface area contributed by atoms with Crippen LogP contribution in [-0.4, -0.2) is 53.6 Å². The Morgan fingerprint density at radius 3 is 2.62 bits per heavy atom. The number of para-hydroxylation sites is 1. The van der Waals surface area contributed by atoms with Gasteiger partial charge in [-0.05, 0) is 49.6 Å². The topological polar surface area (TPSA) is 94.0 Å². The van der Waals surface area contributed by atoms with Crippen molar-refractivity contribution in [3.05, 3.63) is 64.1 Å². The first-order chi connectivity index (χ1) is 16.4. The van der Waals surface area contributed by atoms with Gasteiger partial charge in [-0.2, -0.15) is 4.99 Å². The lowest BCUT2D eigenvalue weighted by molar-refractivity contribution is 0.102. The predicted molar refractivity (Wildman–Crippen MR) is 139 cm³/mol. The van der Waals surface area contributed by atoms with Crippen LogP contribution in [-0.2, 0) is 0 Å². The van der Waals surface area contributed by atoms with Crippen LogP contribution in [0.2, 0.25) is 5.02 Å². The van der Waals surface area contributed by atoms with Crippen molar-refractivity contribution >= 4 is 40.7 Å². The number of aryl methyl sites for hydroxylation is 1. The summed E-state index contributed by atoms with van der Waals surface area (Å²) >= 11 is 6.24. The second-order valence-electron chi connectivity index (χ2n) is 8.42. The van der Waals surface area contributed by atoms with E-state index in [2.05, 4.69) is 32.8 Å². The Bertz CT molecular complexity index is 1130. The van der Waals surface area contributed by atoms with E-state index < -0.39 is 0 Å². The van der Waals surface area contributed by atoms with E-state index in [0.29, 0.717) is 22.1 Å². The van der Waals surface area contributed by atoms with Crippen molar-refractivity contribution in [1.82, 2.24) is 15.2 Å². The maximum atomic E-state index is 12.7. The SMILES string of the molecule is CCC1=C(Nc2ccc(C(=O)Nc3c(C)cccc3Cl)cn2)N=C(N2CCNCC2)N=C(C)C1. The van der Waals surface area contributed by atoms with Gasteiger partial charge >= 0.3 is 0 Å². The fraction of sp³-hybridized carbons (Fsp3) is 0.360. The maximum Gasteiger partial charge on any atom is 0.257 e. The van der Waals surface area contributed by atoms with Crippen molar-refractivity contribution in [2.24, 2.45) is 9.98 Å². The minimum Gasteiger partial charge on any atom is -0.338 e. The standard InChI is InChI=1S/C25H30ClN7O/c1-4-18-14-17(3)29-25(33-12-10-27-11-13-33)32-23(18)30-21-9-8-19(15-28-21)24(34)31-22-16(2)6-5-7-20(22)26/h5-9,15,27H,4,10-14H2,1-3H3,(H,28,30)(H,31,34). The summed E-state index contributed by atoms with van der Waals surface area (Å²) in [4.78, 5) is 29.1. The van der Waals surface area contributed by atoms with Crippen molar-refractivity contribution in [1.29, 1.82) is 0 Å². The van der Waals surface area contributed by atoms with Gasteiger partial charge in [-0.3, -0.25) is 4.79 Å². The molecule has 0 saturated carbocycles. The van der Waals surface area contributed by atoms with E-state index in [1.807, 2.05) is 26.0 Å². The van der Waals surface area contributed by atoms with E-state index in [4.69, 9.17) is 21.6 Å². The number of pyridine rings is 1. The monoisotopic (exact) mass is 479 g/mol. The zero-order chi connectivity index (χ0) is 24.1. The number of nitrogens with one attached hydrogen (secondary N) is 3. The van der Waals surface area contributed by atoms with Crippen LogP contribution in [0.3, 0.4) is 0 Å². The van der Waals surface area contributed by atoms with E-state index in [0.717, 1.165) is 62.1 Å². The lowest BCUT2D eigenvalue weighted by Crippen LogP contribution is -2.46. The highest BCUT2D eigenvalue weighted by atomic mass is 35.5. The molecular weight excluding hydrogens is 450 g/mol. The Morgan fingerprint density at radius 1 is 1.15 bits per heavy atom. The molecule has 8 nitrogen and oxygen atoms in total. The molecule has 178 valence electrons. The number of carbonyl (C=O) groups excluding carboxylic acids is 1. The molecule has 1 fully saturated rings. The molecule has 0 unspecified atom stereocenters. The number of guanidine groups is 1. The Balaban J connectivity index is 1.52. The Kier molecular flexibility index (Phi) is 7.59. The second-order valence-corrected chi connectivity index (χ2v) is 8.83. The van der Waals surface area contributed by atoms with Crippen LogP contribution in [0.5, 0.6) is 0 Å². The fourth-order valence-corrected chi connectivity index (χ4v) is 4.19. The molecule has 4 rings (SSSR count). The van der Waals surface area contributed by atoms with Gasteiger partial charge in [0.15, 0.2) is 0 Å². The van der Waals surface area contributed by atoms with Gasteiger partial charge in [0.05, 0.1) is 16.3 Å². The summed E-state index contributed by atoms with van der Waals surface area (Å²) in [6, 6.07) is 9.03. The number of aliphatic imine (C=N–C) groups is 2. The van der Waals surface area contributed by atoms with Gasteiger partial charge in [-0.1, -0.05) is 30.7 Å². The number of hydrogen-bond acceptors (Lipinski definition) is 7. The Labute approximate surface area is 205 Å². The highest BCUT2D eigenvalue weighted by molar-refractivity contribution is 6.34. The summed E-state index contributed by atoms with van der Waals surface area (Å²) in [7, 11) is 0. The van der Waals surface area contributed by atoms with Crippen molar-refractivity contribution in [3.63, 3.8) is 0 Å². The number of carbonyl (C=O) groups is 1. The zero-order valence-corrected chi connectivity index (χ0v) is 20.5. The van der Waals surface area contributed by atoms with Crippen molar-refractivity contribution in [2.75, 3.05) is 36.8 Å². The first kappa shape index (κ1) is 23.9. The summed E-state index contributed by atoms with van der Waals surface area (Å²) in [5.41, 5.74) is 4.16. The number of hydrogen-bond donors (Lipinski definition) is 3. The average Bonchev–Trinajstić information content (AvgIpc) is 3.00. The molecule has 1 amide bonds. The van der Waals surface area contributed by atoms with Crippen molar-refractivity contribution in [3.8, 4) is 0 Å². The predicted octanol–water partition coefficient (Wildman–Crippen LogP) is 4.46. The molecule has 2 aliphatic heterocycles. The van der Waals surface area contributed by atoms with Gasteiger partial charge in [0.1, 0.15) is 11.6 Å². The summed E-state index contributed by atoms with van der Waals surface area (Å²) in [5, 5.41) is 10.1. The molecule has 3 heterocycles. The van der Waals surface area contributed by atoms with E-state index in [1.165, 1.54) is 5.57 Å². The summed E-state index contributed by atoms with van der Waals surface area (Å²) in [6.07, 6.45) is 3.16. The minimum atomic E-state index is -0.263. The molecule has 0 radical (unpaired) electrons. The molecule has 2 aliphatic rings. The molecule has 0 aliphatic carbocycles. The first-order valence-corrected chi connectivity index (χ1v) is 11.9. The molecule has 0 spiro atoms. The number of benzene rings is 1. The van der Waals surface area contributed by atoms with Crippen LogP contribution in [0, 0.1) is 6.92 Å². The molecule has 0 bridgehead atoms. The maximum absolute atomic E-state index is 12.7. The summed E-state index contributed by atoms with van der Waals surface area (Å²) in [6.45, 7) is 9.64. The van der Waals surface area contributed by atoms with E-state index >= 15 is 0 Å². The molecule has 1 aromatic carbocycles. The Hall–Kier alpha value is -3.23. The highest BCUT2D eigenvalue weighted by Crippen LogP contribution is 2.26. The molecule has 0 atom stereocenters. The number of nitrogens with zero attached hydrogens (tertiary/aromatic N) is 4. The van der Waals surface area contributed by atoms with Gasteiger partial charge in [0.2, 0.25) is 5.96 Å². The van der Waals surface area contributed by atoms with Crippen LogP contribution >= 0.6 is 11.6 Å². The third kappa shape index (κ3) is 5.63. The Morgan fingerprint density at radius 2 is 1.94 bits per heavy atom. The fourth-order valence-electron chi connectivity index (χ4n) is 3.92. The lowest BCUT2D eigenvalue weighted by Gasteiger charge is -2.28. The molecular formula is C25H30ClN7O. The number of halogens is 1. The van der Waals surface area contributed by atoms with Crippen molar-refractivity contribution < 1.29 is 4.79 Å². The van der Waals surface area contributed by atoms with Gasteiger partial charge in [0, 0.05) is 44.5 Å². The van der Waals surface area contributed by atoms with Gasteiger partial charge in [0.25, 0.3) is 5.91 Å². The van der Waals surface area contributed by atoms with Gasteiger partial charge in [-0.25, -0.2) is 9.98 Å². The number of rotatable bonds is 5. The normalized spacial score (nSPS) is 16.5. The van der Waals surface area contributed by atoms with Crippen LogP contribution in [0.1, 0.15) is 42.6 Å². The summed E-state index contributed by atoms with van der Waals surface area (Å²) < 4.78 is 0. The van der Waals surface area contributed by atoms with E-state index in [-0.39, 0.29) is 5.91 Å². The average molecular weight is 480 g/mol. The van der Waals surface area contributed by atoms with Gasteiger partial charge in [-0.15, -0.1) is 0 Å². The zero-order valence-electron chi connectivity index (χ0n) is 19.8. The molecule has 34 heavy (non-hydrogen) atoms. The van der Waals surface area contributed by atoms with E-state index in [9.17, 15) is 4.79 Å².